The molecule has 2 aromatic carbocycles. The maximum atomic E-state index is 14.2. The minimum atomic E-state index is -0.256. The second-order valence-electron chi connectivity index (χ2n) is 4.73. The van der Waals surface area contributed by atoms with Gasteiger partial charge >= 0.3 is 0 Å². The maximum Gasteiger partial charge on any atom is 0.196 e. The largest absolute Gasteiger partial charge is 0.369 e. The van der Waals surface area contributed by atoms with Gasteiger partial charge in [-0.1, -0.05) is 37.9 Å². The van der Waals surface area contributed by atoms with E-state index in [2.05, 4.69) is 36.9 Å². The Balaban J connectivity index is 2.05. The van der Waals surface area contributed by atoms with Crippen LogP contribution in [0.4, 0.5) is 10.1 Å². The van der Waals surface area contributed by atoms with Gasteiger partial charge in [-0.05, 0) is 36.4 Å². The molecule has 108 valence electrons. The van der Waals surface area contributed by atoms with Gasteiger partial charge in [-0.2, -0.15) is 0 Å². The number of nitrogens with zero attached hydrogens (tertiary/aromatic N) is 2. The van der Waals surface area contributed by atoms with Gasteiger partial charge < -0.3 is 10.6 Å². The third-order valence-electron chi connectivity index (χ3n) is 3.39. The van der Waals surface area contributed by atoms with Crippen LogP contribution in [0.15, 0.2) is 56.4 Å². The Hall–Kier alpha value is -1.40. The highest BCUT2D eigenvalue weighted by Gasteiger charge is 2.31. The lowest BCUT2D eigenvalue weighted by molar-refractivity contribution is 0.589. The maximum absolute atomic E-state index is 14.2. The monoisotopic (exact) mass is 411 g/mol. The SMILES string of the molecule is NC1=NCC(c2cc(Br)ccc2F)N1c1cccc(Br)c1. The zero-order valence-electron chi connectivity index (χ0n) is 10.9. The molecule has 1 unspecified atom stereocenters. The average molecular weight is 413 g/mol. The second kappa shape index (κ2) is 5.77. The minimum absolute atomic E-state index is 0.239. The van der Waals surface area contributed by atoms with E-state index in [9.17, 15) is 4.39 Å². The normalized spacial score (nSPS) is 18.0. The van der Waals surface area contributed by atoms with Crippen molar-refractivity contribution in [2.24, 2.45) is 10.7 Å². The van der Waals surface area contributed by atoms with E-state index >= 15 is 0 Å². The van der Waals surface area contributed by atoms with Crippen LogP contribution in [-0.2, 0) is 0 Å². The van der Waals surface area contributed by atoms with E-state index in [1.807, 2.05) is 29.2 Å². The van der Waals surface area contributed by atoms with E-state index in [0.29, 0.717) is 18.1 Å². The number of benzene rings is 2. The quantitative estimate of drug-likeness (QED) is 0.801. The molecule has 0 aliphatic carbocycles. The molecule has 1 aliphatic heterocycles. The number of anilines is 1. The molecule has 3 nitrogen and oxygen atoms in total. The first-order valence-corrected chi connectivity index (χ1v) is 7.94. The van der Waals surface area contributed by atoms with Crippen molar-refractivity contribution >= 4 is 43.5 Å². The molecule has 0 fully saturated rings. The van der Waals surface area contributed by atoms with Crippen LogP contribution in [0.2, 0.25) is 0 Å². The summed E-state index contributed by atoms with van der Waals surface area (Å²) >= 11 is 6.83. The Morgan fingerprint density at radius 1 is 1.14 bits per heavy atom. The number of rotatable bonds is 2. The lowest BCUT2D eigenvalue weighted by atomic mass is 10.0. The molecule has 0 bridgehead atoms. The van der Waals surface area contributed by atoms with Crippen LogP contribution in [0.3, 0.4) is 0 Å². The lowest BCUT2D eigenvalue weighted by Gasteiger charge is -2.27. The first kappa shape index (κ1) is 14.5. The summed E-state index contributed by atoms with van der Waals surface area (Å²) in [6, 6.07) is 12.4. The molecular weight excluding hydrogens is 401 g/mol. The number of guanidine groups is 1. The Morgan fingerprint density at radius 3 is 2.67 bits per heavy atom. The van der Waals surface area contributed by atoms with Crippen LogP contribution >= 0.6 is 31.9 Å². The number of hydrogen-bond donors (Lipinski definition) is 1. The van der Waals surface area contributed by atoms with Gasteiger partial charge in [0, 0.05) is 20.2 Å². The summed E-state index contributed by atoms with van der Waals surface area (Å²) in [5, 5.41) is 0. The van der Waals surface area contributed by atoms with Crippen molar-refractivity contribution in [2.45, 2.75) is 6.04 Å². The van der Waals surface area contributed by atoms with Gasteiger partial charge in [-0.25, -0.2) is 4.39 Å². The standard InChI is InChI=1S/C15H12Br2FN3/c16-9-2-1-3-11(6-9)21-14(8-20-15(21)19)12-7-10(17)4-5-13(12)18/h1-7,14H,8H2,(H2,19,20). The summed E-state index contributed by atoms with van der Waals surface area (Å²) in [6.45, 7) is 0.436. The van der Waals surface area contributed by atoms with Crippen molar-refractivity contribution in [3.63, 3.8) is 0 Å². The Morgan fingerprint density at radius 2 is 1.90 bits per heavy atom. The van der Waals surface area contributed by atoms with E-state index in [4.69, 9.17) is 5.73 Å². The van der Waals surface area contributed by atoms with Crippen LogP contribution < -0.4 is 10.6 Å². The molecule has 0 saturated carbocycles. The molecular formula is C15H12Br2FN3. The minimum Gasteiger partial charge on any atom is -0.369 e. The van der Waals surface area contributed by atoms with E-state index in [1.165, 1.54) is 6.07 Å². The van der Waals surface area contributed by atoms with Gasteiger partial charge in [0.2, 0.25) is 0 Å². The van der Waals surface area contributed by atoms with Crippen molar-refractivity contribution in [3.8, 4) is 0 Å². The van der Waals surface area contributed by atoms with E-state index in [0.717, 1.165) is 14.6 Å². The highest BCUT2D eigenvalue weighted by Crippen LogP contribution is 2.34. The summed E-state index contributed by atoms with van der Waals surface area (Å²) in [5.74, 6) is 0.144. The van der Waals surface area contributed by atoms with E-state index < -0.39 is 0 Å². The van der Waals surface area contributed by atoms with Gasteiger partial charge in [0.05, 0.1) is 12.6 Å². The first-order chi connectivity index (χ1) is 10.1. The molecule has 0 radical (unpaired) electrons. The predicted molar refractivity (Wildman–Crippen MR) is 90.0 cm³/mol. The zero-order chi connectivity index (χ0) is 15.0. The molecule has 2 N–H and O–H groups in total. The van der Waals surface area contributed by atoms with Gasteiger partial charge in [-0.3, -0.25) is 4.99 Å². The predicted octanol–water partition coefficient (Wildman–Crippen LogP) is 4.23. The Kier molecular flexibility index (Phi) is 3.99. The van der Waals surface area contributed by atoms with Crippen LogP contribution in [-0.4, -0.2) is 12.5 Å². The van der Waals surface area contributed by atoms with Gasteiger partial charge in [0.15, 0.2) is 5.96 Å². The van der Waals surface area contributed by atoms with Crippen molar-refractivity contribution in [1.82, 2.24) is 0 Å². The zero-order valence-corrected chi connectivity index (χ0v) is 14.1. The third kappa shape index (κ3) is 2.82. The molecule has 3 rings (SSSR count). The average Bonchev–Trinajstić information content (AvgIpc) is 2.83. The number of nitrogens with two attached hydrogens (primary N) is 1. The molecule has 21 heavy (non-hydrogen) atoms. The van der Waals surface area contributed by atoms with Crippen LogP contribution in [0.1, 0.15) is 11.6 Å². The topological polar surface area (TPSA) is 41.6 Å². The second-order valence-corrected chi connectivity index (χ2v) is 6.56. The molecule has 2 aromatic rings. The fourth-order valence-electron chi connectivity index (χ4n) is 2.44. The molecule has 6 heteroatoms. The van der Waals surface area contributed by atoms with Gasteiger partial charge in [0.1, 0.15) is 5.82 Å². The highest BCUT2D eigenvalue weighted by molar-refractivity contribution is 9.10. The molecule has 0 saturated heterocycles. The summed E-state index contributed by atoms with van der Waals surface area (Å²) in [6.07, 6.45) is 0. The van der Waals surface area contributed by atoms with Crippen molar-refractivity contribution in [1.29, 1.82) is 0 Å². The number of hydrogen-bond acceptors (Lipinski definition) is 3. The summed E-state index contributed by atoms with van der Waals surface area (Å²) in [4.78, 5) is 6.13. The van der Waals surface area contributed by atoms with Crippen LogP contribution in [0.5, 0.6) is 0 Å². The van der Waals surface area contributed by atoms with Crippen molar-refractivity contribution < 1.29 is 4.39 Å². The number of aliphatic imine (C=N–C) groups is 1. The molecule has 1 aliphatic rings. The molecule has 0 amide bonds. The summed E-state index contributed by atoms with van der Waals surface area (Å²) in [5.41, 5.74) is 7.46. The molecule has 0 spiro atoms. The molecule has 1 atom stereocenters. The van der Waals surface area contributed by atoms with Gasteiger partial charge in [0.25, 0.3) is 0 Å². The van der Waals surface area contributed by atoms with Crippen LogP contribution in [0.25, 0.3) is 0 Å². The fourth-order valence-corrected chi connectivity index (χ4v) is 3.21. The fraction of sp³-hybridized carbons (Fsp3) is 0.133. The lowest BCUT2D eigenvalue weighted by Crippen LogP contribution is -2.36. The van der Waals surface area contributed by atoms with Crippen molar-refractivity contribution in [2.75, 3.05) is 11.4 Å². The van der Waals surface area contributed by atoms with Crippen LogP contribution in [0, 0.1) is 5.82 Å². The van der Waals surface area contributed by atoms with Gasteiger partial charge in [-0.15, -0.1) is 0 Å². The first-order valence-electron chi connectivity index (χ1n) is 6.36. The highest BCUT2D eigenvalue weighted by atomic mass is 79.9. The Labute approximate surface area is 138 Å². The Bertz CT molecular complexity index is 718. The third-order valence-corrected chi connectivity index (χ3v) is 4.37. The summed E-state index contributed by atoms with van der Waals surface area (Å²) < 4.78 is 15.9. The molecule has 0 aromatic heterocycles. The molecule has 1 heterocycles. The van der Waals surface area contributed by atoms with E-state index in [-0.39, 0.29) is 11.9 Å². The summed E-state index contributed by atoms with van der Waals surface area (Å²) in [7, 11) is 0. The number of halogens is 3. The van der Waals surface area contributed by atoms with Crippen molar-refractivity contribution in [3.05, 3.63) is 62.8 Å². The van der Waals surface area contributed by atoms with E-state index in [1.54, 1.807) is 12.1 Å². The smallest absolute Gasteiger partial charge is 0.196 e.